The Morgan fingerprint density at radius 1 is 1.21 bits per heavy atom. The normalized spacial score (nSPS) is 10.5. The van der Waals surface area contributed by atoms with Crippen molar-refractivity contribution in [3.8, 4) is 11.5 Å². The first-order valence-corrected chi connectivity index (χ1v) is 8.47. The molecule has 2 aromatic rings. The van der Waals surface area contributed by atoms with E-state index in [1.807, 2.05) is 37.3 Å². The molecule has 0 fully saturated rings. The summed E-state index contributed by atoms with van der Waals surface area (Å²) in [5.41, 5.74) is 3.37. The Kier molecular flexibility index (Phi) is 7.16. The molecular weight excluding hydrogens is 322 g/mol. The molecule has 0 heterocycles. The summed E-state index contributed by atoms with van der Waals surface area (Å²) in [6.45, 7) is 10.2. The Balaban J connectivity index is 2.18. The van der Waals surface area contributed by atoms with Crippen molar-refractivity contribution in [1.82, 2.24) is 5.32 Å². The van der Waals surface area contributed by atoms with Gasteiger partial charge in [-0.05, 0) is 42.7 Å². The van der Waals surface area contributed by atoms with E-state index < -0.39 is 0 Å². The number of hydrogen-bond donors (Lipinski definition) is 1. The maximum absolute atomic E-state index is 6.44. The van der Waals surface area contributed by atoms with Gasteiger partial charge in [-0.25, -0.2) is 0 Å². The van der Waals surface area contributed by atoms with Crippen molar-refractivity contribution in [1.29, 1.82) is 0 Å². The van der Waals surface area contributed by atoms with Gasteiger partial charge in [0.25, 0.3) is 0 Å². The summed E-state index contributed by atoms with van der Waals surface area (Å²) in [5, 5.41) is 3.82. The van der Waals surface area contributed by atoms with E-state index in [1.54, 1.807) is 0 Å². The number of aryl methyl sites for hydroxylation is 1. The lowest BCUT2D eigenvalue weighted by atomic mass is 10.1. The van der Waals surface area contributed by atoms with E-state index in [0.29, 0.717) is 36.3 Å². The van der Waals surface area contributed by atoms with E-state index in [2.05, 4.69) is 31.0 Å². The zero-order valence-corrected chi connectivity index (χ0v) is 15.0. The van der Waals surface area contributed by atoms with Crippen LogP contribution in [0.25, 0.3) is 0 Å². The second kappa shape index (κ2) is 9.36. The van der Waals surface area contributed by atoms with Gasteiger partial charge in [0.2, 0.25) is 0 Å². The van der Waals surface area contributed by atoms with Crippen molar-refractivity contribution in [2.75, 3.05) is 13.2 Å². The summed E-state index contributed by atoms with van der Waals surface area (Å²) in [6.07, 6.45) is 1.82. The van der Waals surface area contributed by atoms with Crippen LogP contribution in [0.1, 0.15) is 23.6 Å². The predicted octanol–water partition coefficient (Wildman–Crippen LogP) is 4.90. The number of benzene rings is 2. The summed E-state index contributed by atoms with van der Waals surface area (Å²) in [4.78, 5) is 0. The summed E-state index contributed by atoms with van der Waals surface area (Å²) in [5.74, 6) is 1.27. The molecule has 0 atom stereocenters. The molecule has 2 aromatic carbocycles. The lowest BCUT2D eigenvalue weighted by molar-refractivity contribution is 0.269. The number of nitrogens with one attached hydrogen (secondary N) is 1. The van der Waals surface area contributed by atoms with Crippen molar-refractivity contribution in [2.45, 2.75) is 27.0 Å². The minimum Gasteiger partial charge on any atom is -0.490 e. The number of rotatable bonds is 9. The lowest BCUT2D eigenvalue weighted by Crippen LogP contribution is -2.13. The molecule has 0 spiro atoms. The average molecular weight is 346 g/mol. The highest BCUT2D eigenvalue weighted by atomic mass is 35.5. The lowest BCUT2D eigenvalue weighted by Gasteiger charge is -2.16. The molecule has 4 heteroatoms. The third-order valence-electron chi connectivity index (χ3n) is 3.62. The Morgan fingerprint density at radius 3 is 2.71 bits per heavy atom. The highest BCUT2D eigenvalue weighted by Crippen LogP contribution is 2.37. The van der Waals surface area contributed by atoms with E-state index in [1.165, 1.54) is 5.56 Å². The van der Waals surface area contributed by atoms with Gasteiger partial charge in [-0.1, -0.05) is 41.9 Å². The third kappa shape index (κ3) is 5.02. The first kappa shape index (κ1) is 18.4. The summed E-state index contributed by atoms with van der Waals surface area (Å²) in [7, 11) is 0. The van der Waals surface area contributed by atoms with Gasteiger partial charge in [-0.3, -0.25) is 0 Å². The predicted molar refractivity (Wildman–Crippen MR) is 100 cm³/mol. The summed E-state index contributed by atoms with van der Waals surface area (Å²) < 4.78 is 11.7. The highest BCUT2D eigenvalue weighted by Gasteiger charge is 2.13. The number of ether oxygens (including phenoxy) is 2. The maximum Gasteiger partial charge on any atom is 0.180 e. The highest BCUT2D eigenvalue weighted by molar-refractivity contribution is 6.32. The molecule has 128 valence electrons. The Hall–Kier alpha value is -1.97. The molecule has 1 N–H and O–H groups in total. The van der Waals surface area contributed by atoms with E-state index in [0.717, 1.165) is 17.7 Å². The second-order valence-electron chi connectivity index (χ2n) is 5.47. The molecule has 2 rings (SSSR count). The standard InChI is InChI=1S/C20H24ClNO2/c1-4-10-22-13-16-11-18(21)20(19(12-16)23-5-2)24-14-17-9-7-6-8-15(17)3/h4,6-9,11-12,22H,1,5,10,13-14H2,2-3H3. The molecule has 0 saturated heterocycles. The van der Waals surface area contributed by atoms with Crippen LogP contribution in [-0.2, 0) is 13.2 Å². The van der Waals surface area contributed by atoms with Crippen LogP contribution in [-0.4, -0.2) is 13.2 Å². The van der Waals surface area contributed by atoms with Crippen molar-refractivity contribution < 1.29 is 9.47 Å². The van der Waals surface area contributed by atoms with Gasteiger partial charge in [0, 0.05) is 13.1 Å². The van der Waals surface area contributed by atoms with Gasteiger partial charge in [-0.15, -0.1) is 6.58 Å². The van der Waals surface area contributed by atoms with Crippen LogP contribution in [0.15, 0.2) is 49.1 Å². The number of halogens is 1. The van der Waals surface area contributed by atoms with Crippen molar-refractivity contribution in [3.63, 3.8) is 0 Å². The maximum atomic E-state index is 6.44. The van der Waals surface area contributed by atoms with E-state index in [4.69, 9.17) is 21.1 Å². The fraction of sp³-hybridized carbons (Fsp3) is 0.300. The summed E-state index contributed by atoms with van der Waals surface area (Å²) in [6, 6.07) is 12.0. The quantitative estimate of drug-likeness (QED) is 0.518. The van der Waals surface area contributed by atoms with Gasteiger partial charge in [0.05, 0.1) is 11.6 Å². The van der Waals surface area contributed by atoms with Gasteiger partial charge >= 0.3 is 0 Å². The fourth-order valence-electron chi connectivity index (χ4n) is 2.37. The van der Waals surface area contributed by atoms with Crippen molar-refractivity contribution in [3.05, 3.63) is 70.8 Å². The van der Waals surface area contributed by atoms with Crippen LogP contribution < -0.4 is 14.8 Å². The molecule has 0 aromatic heterocycles. The summed E-state index contributed by atoms with van der Waals surface area (Å²) >= 11 is 6.44. The monoisotopic (exact) mass is 345 g/mol. The molecule has 0 aliphatic rings. The molecule has 3 nitrogen and oxygen atoms in total. The van der Waals surface area contributed by atoms with Gasteiger partial charge in [-0.2, -0.15) is 0 Å². The molecule has 0 bridgehead atoms. The molecular formula is C20H24ClNO2. The third-order valence-corrected chi connectivity index (χ3v) is 3.90. The van der Waals surface area contributed by atoms with Crippen LogP contribution >= 0.6 is 11.6 Å². The molecule has 0 amide bonds. The van der Waals surface area contributed by atoms with Gasteiger partial charge < -0.3 is 14.8 Å². The molecule has 0 unspecified atom stereocenters. The van der Waals surface area contributed by atoms with E-state index >= 15 is 0 Å². The van der Waals surface area contributed by atoms with E-state index in [-0.39, 0.29) is 0 Å². The topological polar surface area (TPSA) is 30.5 Å². The zero-order valence-electron chi connectivity index (χ0n) is 14.3. The fourth-order valence-corrected chi connectivity index (χ4v) is 2.65. The molecule has 0 aliphatic carbocycles. The SMILES string of the molecule is C=CCNCc1cc(Cl)c(OCc2ccccc2C)c(OCC)c1. The molecule has 0 aliphatic heterocycles. The Labute approximate surface area is 149 Å². The Morgan fingerprint density at radius 2 is 2.00 bits per heavy atom. The first-order chi connectivity index (χ1) is 11.7. The zero-order chi connectivity index (χ0) is 17.4. The minimum absolute atomic E-state index is 0.459. The first-order valence-electron chi connectivity index (χ1n) is 8.09. The van der Waals surface area contributed by atoms with Crippen molar-refractivity contribution in [2.24, 2.45) is 0 Å². The second-order valence-corrected chi connectivity index (χ2v) is 5.88. The van der Waals surface area contributed by atoms with Gasteiger partial charge in [0.1, 0.15) is 6.61 Å². The molecule has 0 radical (unpaired) electrons. The average Bonchev–Trinajstić information content (AvgIpc) is 2.56. The molecule has 24 heavy (non-hydrogen) atoms. The minimum atomic E-state index is 0.459. The van der Waals surface area contributed by atoms with Crippen molar-refractivity contribution >= 4 is 11.6 Å². The number of hydrogen-bond acceptors (Lipinski definition) is 3. The molecule has 0 saturated carbocycles. The van der Waals surface area contributed by atoms with Crippen LogP contribution in [0, 0.1) is 6.92 Å². The Bertz CT molecular complexity index is 685. The van der Waals surface area contributed by atoms with Crippen LogP contribution in [0.4, 0.5) is 0 Å². The largest absolute Gasteiger partial charge is 0.490 e. The van der Waals surface area contributed by atoms with E-state index in [9.17, 15) is 0 Å². The smallest absolute Gasteiger partial charge is 0.180 e. The van der Waals surface area contributed by atoms with Crippen LogP contribution in [0.5, 0.6) is 11.5 Å². The van der Waals surface area contributed by atoms with Crippen LogP contribution in [0.3, 0.4) is 0 Å². The van der Waals surface area contributed by atoms with Gasteiger partial charge in [0.15, 0.2) is 11.5 Å². The van der Waals surface area contributed by atoms with Crippen LogP contribution in [0.2, 0.25) is 5.02 Å².